The van der Waals surface area contributed by atoms with Crippen LogP contribution in [0.3, 0.4) is 0 Å². The molecule has 0 aliphatic heterocycles. The van der Waals surface area contributed by atoms with E-state index in [2.05, 4.69) is 26.0 Å². The molecule has 0 spiro atoms. The average Bonchev–Trinajstić information content (AvgIpc) is 3.27. The molecule has 0 aromatic rings. The Hall–Kier alpha value is -0.760. The number of phosphoric ester groups is 1. The highest BCUT2D eigenvalue weighted by molar-refractivity contribution is 7.47. The van der Waals surface area contributed by atoms with E-state index >= 15 is 0 Å². The summed E-state index contributed by atoms with van der Waals surface area (Å²) in [7, 11) is 1.69. The molecule has 2 unspecified atom stereocenters. The zero-order valence-electron chi connectivity index (χ0n) is 44.3. The van der Waals surface area contributed by atoms with Crippen molar-refractivity contribution < 1.29 is 37.3 Å². The third-order valence-electron chi connectivity index (χ3n) is 12.8. The SMILES string of the molecule is CCCCCCCCCC/C=C\CCCCCCCCCCCCCCCCOCC(COP(=O)(O)OCC[N+](C)(C)C)OC(=O)CCCCCCCCCCCCCCCCCCC. The Morgan fingerprint density at radius 3 is 1.17 bits per heavy atom. The summed E-state index contributed by atoms with van der Waals surface area (Å²) < 4.78 is 35.2. The number of likely N-dealkylation sites (N-methyl/N-ethyl adjacent to an activating group) is 1. The maximum absolute atomic E-state index is 12.8. The van der Waals surface area contributed by atoms with Crippen LogP contribution < -0.4 is 0 Å². The van der Waals surface area contributed by atoms with Crippen LogP contribution in [0.25, 0.3) is 0 Å². The van der Waals surface area contributed by atoms with E-state index in [4.69, 9.17) is 18.5 Å². The minimum atomic E-state index is -4.28. The number of carbonyl (C=O) groups excluding carboxylic acids is 1. The maximum Gasteiger partial charge on any atom is 0.472 e. The molecule has 0 aromatic carbocycles. The fourth-order valence-electron chi connectivity index (χ4n) is 8.43. The fourth-order valence-corrected chi connectivity index (χ4v) is 9.18. The quantitative estimate of drug-likeness (QED) is 0.0213. The zero-order chi connectivity index (χ0) is 47.6. The summed E-state index contributed by atoms with van der Waals surface area (Å²) in [6, 6.07) is 0. The van der Waals surface area contributed by atoms with Gasteiger partial charge in [-0.2, -0.15) is 0 Å². The van der Waals surface area contributed by atoms with Crippen molar-refractivity contribution in [3.05, 3.63) is 12.2 Å². The van der Waals surface area contributed by atoms with E-state index in [1.165, 1.54) is 231 Å². The zero-order valence-corrected chi connectivity index (χ0v) is 45.2. The van der Waals surface area contributed by atoms with Gasteiger partial charge in [-0.3, -0.25) is 13.8 Å². The van der Waals surface area contributed by atoms with Crippen LogP contribution >= 0.6 is 7.82 Å². The number of nitrogens with zero attached hydrogens (tertiary/aromatic N) is 1. The molecule has 0 rings (SSSR count). The van der Waals surface area contributed by atoms with Gasteiger partial charge in [0.05, 0.1) is 34.4 Å². The standard InChI is InChI=1S/C56H112NO7P/c1-6-8-10-12-14-16-18-20-22-24-25-26-27-28-29-30-31-32-34-36-38-40-42-44-46-48-51-61-53-55(54-63-65(59,60)62-52-50-57(3,4)5)64-56(58)49-47-45-43-41-39-37-35-33-23-21-19-17-15-13-11-9-7-2/h24-25,55H,6-23,26-54H2,1-5H3/p+1/b25-24-. The van der Waals surface area contributed by atoms with E-state index in [-0.39, 0.29) is 25.8 Å². The molecule has 0 fully saturated rings. The molecule has 8 nitrogen and oxygen atoms in total. The van der Waals surface area contributed by atoms with Gasteiger partial charge in [-0.05, 0) is 38.5 Å². The molecular weight excluding hydrogens is 830 g/mol. The number of hydrogen-bond donors (Lipinski definition) is 1. The van der Waals surface area contributed by atoms with Crippen molar-refractivity contribution >= 4 is 13.8 Å². The largest absolute Gasteiger partial charge is 0.472 e. The first-order valence-electron chi connectivity index (χ1n) is 28.4. The van der Waals surface area contributed by atoms with Crippen molar-refractivity contribution in [2.45, 2.75) is 290 Å². The summed E-state index contributed by atoms with van der Waals surface area (Å²) in [6.07, 6.45) is 58.4. The van der Waals surface area contributed by atoms with Crippen LogP contribution in [0.4, 0.5) is 0 Å². The van der Waals surface area contributed by atoms with Gasteiger partial charge in [0.15, 0.2) is 0 Å². The molecule has 0 amide bonds. The van der Waals surface area contributed by atoms with Crippen LogP contribution in [-0.2, 0) is 27.9 Å². The van der Waals surface area contributed by atoms with Crippen LogP contribution in [0, 0.1) is 0 Å². The monoisotopic (exact) mass is 943 g/mol. The summed E-state index contributed by atoms with van der Waals surface area (Å²) in [5.74, 6) is -0.306. The summed E-state index contributed by atoms with van der Waals surface area (Å²) in [5.41, 5.74) is 0. The minimum Gasteiger partial charge on any atom is -0.457 e. The molecular formula is C56H113NO7P+. The van der Waals surface area contributed by atoms with Crippen LogP contribution in [0.15, 0.2) is 12.2 Å². The Morgan fingerprint density at radius 1 is 0.462 bits per heavy atom. The summed E-state index contributed by atoms with van der Waals surface area (Å²) in [6.45, 7) is 5.70. The smallest absolute Gasteiger partial charge is 0.457 e. The molecule has 0 aliphatic carbocycles. The van der Waals surface area contributed by atoms with Crippen LogP contribution in [0.5, 0.6) is 0 Å². The van der Waals surface area contributed by atoms with Gasteiger partial charge in [-0.25, -0.2) is 4.57 Å². The van der Waals surface area contributed by atoms with Crippen molar-refractivity contribution in [2.24, 2.45) is 0 Å². The van der Waals surface area contributed by atoms with Crippen LogP contribution in [0.1, 0.15) is 284 Å². The van der Waals surface area contributed by atoms with Crippen molar-refractivity contribution in [3.63, 3.8) is 0 Å². The van der Waals surface area contributed by atoms with E-state index in [1.54, 1.807) is 0 Å². The van der Waals surface area contributed by atoms with E-state index in [9.17, 15) is 14.3 Å². The second-order valence-electron chi connectivity index (χ2n) is 20.7. The van der Waals surface area contributed by atoms with Gasteiger partial charge in [-0.15, -0.1) is 0 Å². The Labute approximate surface area is 405 Å². The molecule has 9 heteroatoms. The first-order valence-corrected chi connectivity index (χ1v) is 29.9. The van der Waals surface area contributed by atoms with E-state index < -0.39 is 13.9 Å². The van der Waals surface area contributed by atoms with Gasteiger partial charge in [0, 0.05) is 13.0 Å². The molecule has 0 aromatic heterocycles. The van der Waals surface area contributed by atoms with Gasteiger partial charge in [0.25, 0.3) is 0 Å². The molecule has 0 heterocycles. The van der Waals surface area contributed by atoms with Crippen molar-refractivity contribution in [1.29, 1.82) is 0 Å². The fraction of sp³-hybridized carbons (Fsp3) is 0.946. The molecule has 2 atom stereocenters. The summed E-state index contributed by atoms with van der Waals surface area (Å²) >= 11 is 0. The number of quaternary nitrogens is 1. The molecule has 0 bridgehead atoms. The number of rotatable bonds is 54. The summed E-state index contributed by atoms with van der Waals surface area (Å²) in [4.78, 5) is 23.0. The van der Waals surface area contributed by atoms with Crippen molar-refractivity contribution in [2.75, 3.05) is 54.1 Å². The molecule has 388 valence electrons. The van der Waals surface area contributed by atoms with Crippen LogP contribution in [0.2, 0.25) is 0 Å². The number of ether oxygens (including phenoxy) is 2. The van der Waals surface area contributed by atoms with Crippen LogP contribution in [-0.4, -0.2) is 75.6 Å². The Morgan fingerprint density at radius 2 is 0.800 bits per heavy atom. The highest BCUT2D eigenvalue weighted by atomic mass is 31.2. The number of phosphoric acid groups is 1. The summed E-state index contributed by atoms with van der Waals surface area (Å²) in [5, 5.41) is 0. The number of hydrogen-bond acceptors (Lipinski definition) is 6. The van der Waals surface area contributed by atoms with E-state index in [0.29, 0.717) is 24.1 Å². The highest BCUT2D eigenvalue weighted by Gasteiger charge is 2.26. The Bertz CT molecular complexity index is 1050. The van der Waals surface area contributed by atoms with Gasteiger partial charge in [-0.1, -0.05) is 251 Å². The first-order chi connectivity index (χ1) is 31.6. The Balaban J connectivity index is 4.00. The molecule has 0 saturated heterocycles. The maximum atomic E-state index is 12.8. The highest BCUT2D eigenvalue weighted by Crippen LogP contribution is 2.43. The third-order valence-corrected chi connectivity index (χ3v) is 13.8. The molecule has 1 N–H and O–H groups in total. The lowest BCUT2D eigenvalue weighted by molar-refractivity contribution is -0.870. The molecule has 0 saturated carbocycles. The second kappa shape index (κ2) is 49.7. The number of esters is 1. The average molecular weight is 943 g/mol. The molecule has 0 aliphatic rings. The van der Waals surface area contributed by atoms with Gasteiger partial charge in [0.2, 0.25) is 0 Å². The van der Waals surface area contributed by atoms with Gasteiger partial charge >= 0.3 is 13.8 Å². The lowest BCUT2D eigenvalue weighted by Crippen LogP contribution is -2.37. The third kappa shape index (κ3) is 54.1. The molecule has 65 heavy (non-hydrogen) atoms. The predicted octanol–water partition coefficient (Wildman–Crippen LogP) is 17.7. The van der Waals surface area contributed by atoms with Crippen molar-refractivity contribution in [3.8, 4) is 0 Å². The Kier molecular flexibility index (Phi) is 49.1. The topological polar surface area (TPSA) is 91.3 Å². The van der Waals surface area contributed by atoms with E-state index in [1.807, 2.05) is 21.1 Å². The van der Waals surface area contributed by atoms with Gasteiger partial charge in [0.1, 0.15) is 19.3 Å². The number of unbranched alkanes of at least 4 members (excludes halogenated alkanes) is 38. The van der Waals surface area contributed by atoms with Gasteiger partial charge < -0.3 is 18.9 Å². The first kappa shape index (κ1) is 64.2. The number of allylic oxidation sites excluding steroid dienone is 2. The predicted molar refractivity (Wildman–Crippen MR) is 280 cm³/mol. The molecule has 0 radical (unpaired) electrons. The van der Waals surface area contributed by atoms with Crippen molar-refractivity contribution in [1.82, 2.24) is 0 Å². The second-order valence-corrected chi connectivity index (χ2v) is 22.1. The normalized spacial score (nSPS) is 13.5. The minimum absolute atomic E-state index is 0.0929. The lowest BCUT2D eigenvalue weighted by atomic mass is 10.0. The lowest BCUT2D eigenvalue weighted by Gasteiger charge is -2.24. The number of carbonyl (C=O) groups is 1. The van der Waals surface area contributed by atoms with E-state index in [0.717, 1.165) is 32.1 Å².